The van der Waals surface area contributed by atoms with Crippen LogP contribution in [0.15, 0.2) is 85.3 Å². The number of nitrogens with zero attached hydrogens (tertiary/aromatic N) is 5. The molecule has 226 valence electrons. The first-order chi connectivity index (χ1) is 20.8. The van der Waals surface area contributed by atoms with Gasteiger partial charge in [0.05, 0.1) is 24.6 Å². The second-order valence-corrected chi connectivity index (χ2v) is 16.1. The molecule has 0 amide bonds. The van der Waals surface area contributed by atoms with Gasteiger partial charge in [-0.25, -0.2) is 9.97 Å². The molecule has 4 unspecified atom stereocenters. The number of hydrogen-bond acceptors (Lipinski definition) is 4. The summed E-state index contributed by atoms with van der Waals surface area (Å²) in [5.74, 6) is 2.07. The molecule has 4 atom stereocenters. The van der Waals surface area contributed by atoms with Gasteiger partial charge in [-0.2, -0.15) is 0 Å². The molecule has 0 aliphatic heterocycles. The van der Waals surface area contributed by atoms with Gasteiger partial charge in [0.1, 0.15) is 17.2 Å². The lowest BCUT2D eigenvalue weighted by molar-refractivity contribution is 0.0922. The third kappa shape index (κ3) is 6.69. The Morgan fingerprint density at radius 3 is 2.23 bits per heavy atom. The molecule has 0 radical (unpaired) electrons. The summed E-state index contributed by atoms with van der Waals surface area (Å²) in [5, 5.41) is 0. The highest BCUT2D eigenvalue weighted by Gasteiger charge is 2.37. The molecule has 0 bridgehead atoms. The van der Waals surface area contributed by atoms with Gasteiger partial charge in [-0.3, -0.25) is 9.30 Å². The molecule has 1 aliphatic carbocycles. The van der Waals surface area contributed by atoms with E-state index in [2.05, 4.69) is 127 Å². The third-order valence-corrected chi connectivity index (χ3v) is 12.2. The van der Waals surface area contributed by atoms with Crippen LogP contribution in [-0.2, 0) is 35.5 Å². The Morgan fingerprint density at radius 1 is 0.907 bits per heavy atom. The third-order valence-electron chi connectivity index (χ3n) is 9.29. The van der Waals surface area contributed by atoms with Gasteiger partial charge in [0.2, 0.25) is 0 Å². The van der Waals surface area contributed by atoms with Crippen LogP contribution in [0.2, 0.25) is 0 Å². The maximum absolute atomic E-state index is 6.13. The summed E-state index contributed by atoms with van der Waals surface area (Å²) in [6.07, 6.45) is 10.8. The standard InChI is InChI=1S/C36H46N5OS/c1-27-20-30(40(24-28-12-8-6-9-13-28)25-29-14-10-7-11-15-29)21-31(27)33-22-37-34-23-38-35-32(41(33)34)16-17-39(35)26-42-18-19-43(5)36(2,3)4/h6-17,22-23,27,30-31H,18-21,24-26H2,1-5H3/q+1. The lowest BCUT2D eigenvalue weighted by Crippen LogP contribution is -2.32. The molecule has 6 rings (SSSR count). The Labute approximate surface area is 259 Å². The fourth-order valence-electron chi connectivity index (χ4n) is 6.51. The topological polar surface area (TPSA) is 47.6 Å². The van der Waals surface area contributed by atoms with Crippen molar-refractivity contribution in [1.29, 1.82) is 0 Å². The highest BCUT2D eigenvalue weighted by molar-refractivity contribution is 7.97. The van der Waals surface area contributed by atoms with Crippen molar-refractivity contribution in [2.45, 2.75) is 77.1 Å². The maximum Gasteiger partial charge on any atom is 0.159 e. The molecule has 5 aromatic rings. The summed E-state index contributed by atoms with van der Waals surface area (Å²) < 4.78 is 10.9. The second-order valence-electron chi connectivity index (χ2n) is 13.2. The molecule has 0 saturated heterocycles. The van der Waals surface area contributed by atoms with Gasteiger partial charge in [-0.15, -0.1) is 0 Å². The van der Waals surface area contributed by atoms with E-state index in [4.69, 9.17) is 14.7 Å². The Hall–Kier alpha value is -3.13. The summed E-state index contributed by atoms with van der Waals surface area (Å²) in [7, 11) is 0.320. The molecular weight excluding hydrogens is 550 g/mol. The van der Waals surface area contributed by atoms with Crippen LogP contribution in [0.3, 0.4) is 0 Å². The fourth-order valence-corrected chi connectivity index (χ4v) is 7.49. The summed E-state index contributed by atoms with van der Waals surface area (Å²) in [6, 6.07) is 24.5. The molecule has 43 heavy (non-hydrogen) atoms. The van der Waals surface area contributed by atoms with E-state index in [1.54, 1.807) is 0 Å². The Balaban J connectivity index is 1.22. The van der Waals surface area contributed by atoms with Crippen molar-refractivity contribution in [2.24, 2.45) is 5.92 Å². The summed E-state index contributed by atoms with van der Waals surface area (Å²) in [6.45, 7) is 12.5. The number of hydrogen-bond donors (Lipinski definition) is 0. The summed E-state index contributed by atoms with van der Waals surface area (Å²) in [5.41, 5.74) is 7.02. The molecule has 3 aromatic heterocycles. The van der Waals surface area contributed by atoms with Gasteiger partial charge in [0.15, 0.2) is 11.3 Å². The normalized spacial score (nSPS) is 20.0. The molecule has 6 nitrogen and oxygen atoms in total. The number of aromatic nitrogens is 4. The highest BCUT2D eigenvalue weighted by Crippen LogP contribution is 2.43. The monoisotopic (exact) mass is 596 g/mol. The molecule has 0 N–H and O–H groups in total. The maximum atomic E-state index is 6.13. The van der Waals surface area contributed by atoms with Crippen molar-refractivity contribution < 1.29 is 4.74 Å². The number of fused-ring (bicyclic) bond motifs is 3. The first-order valence-electron chi connectivity index (χ1n) is 15.6. The predicted octanol–water partition coefficient (Wildman–Crippen LogP) is 7.29. The van der Waals surface area contributed by atoms with E-state index in [0.29, 0.717) is 40.3 Å². The van der Waals surface area contributed by atoms with Gasteiger partial charge < -0.3 is 9.30 Å². The van der Waals surface area contributed by atoms with Gasteiger partial charge in [-0.05, 0) is 67.6 Å². The molecule has 1 fully saturated rings. The number of ether oxygens (including phenoxy) is 1. The predicted molar refractivity (Wildman–Crippen MR) is 179 cm³/mol. The SMILES string of the molecule is CC1CC(N(Cc2ccccc2)Cc2ccccc2)CC1c1cnc2cnc3c(ccn3COCC[S+](C)C(C)(C)C)n12. The number of rotatable bonds is 11. The zero-order chi connectivity index (χ0) is 30.0. The molecule has 1 saturated carbocycles. The van der Waals surface area contributed by atoms with E-state index in [1.807, 2.05) is 6.20 Å². The van der Waals surface area contributed by atoms with E-state index >= 15 is 0 Å². The van der Waals surface area contributed by atoms with Gasteiger partial charge >= 0.3 is 0 Å². The van der Waals surface area contributed by atoms with Crippen LogP contribution in [0.25, 0.3) is 16.8 Å². The van der Waals surface area contributed by atoms with E-state index in [-0.39, 0.29) is 0 Å². The zero-order valence-corrected chi connectivity index (χ0v) is 27.1. The van der Waals surface area contributed by atoms with E-state index in [9.17, 15) is 0 Å². The lowest BCUT2D eigenvalue weighted by Gasteiger charge is -2.29. The fraction of sp³-hybridized carbons (Fsp3) is 0.444. The molecular formula is C36H46N5OS+. The van der Waals surface area contributed by atoms with Crippen LogP contribution < -0.4 is 0 Å². The van der Waals surface area contributed by atoms with Crippen molar-refractivity contribution in [3.8, 4) is 0 Å². The first-order valence-corrected chi connectivity index (χ1v) is 17.4. The number of benzene rings is 2. The Kier molecular flexibility index (Phi) is 8.94. The highest BCUT2D eigenvalue weighted by atomic mass is 32.2. The molecule has 7 heteroatoms. The van der Waals surface area contributed by atoms with Gasteiger partial charge in [-0.1, -0.05) is 67.6 Å². The van der Waals surface area contributed by atoms with Crippen molar-refractivity contribution >= 4 is 27.7 Å². The second kappa shape index (κ2) is 12.8. The van der Waals surface area contributed by atoms with Crippen LogP contribution >= 0.6 is 0 Å². The van der Waals surface area contributed by atoms with Gasteiger partial charge in [0.25, 0.3) is 0 Å². The summed E-state index contributed by atoms with van der Waals surface area (Å²) in [4.78, 5) is 12.3. The van der Waals surface area contributed by atoms with Crippen LogP contribution in [0.1, 0.15) is 63.3 Å². The van der Waals surface area contributed by atoms with Crippen molar-refractivity contribution in [2.75, 3.05) is 18.6 Å². The average molecular weight is 597 g/mol. The molecule has 3 heterocycles. The minimum absolute atomic E-state index is 0.320. The van der Waals surface area contributed by atoms with Gasteiger partial charge in [0, 0.05) is 43.1 Å². The molecule has 2 aromatic carbocycles. The number of imidazole rings is 1. The van der Waals surface area contributed by atoms with Crippen LogP contribution in [0.5, 0.6) is 0 Å². The Bertz CT molecular complexity index is 1580. The summed E-state index contributed by atoms with van der Waals surface area (Å²) >= 11 is 0. The quantitative estimate of drug-likeness (QED) is 0.119. The van der Waals surface area contributed by atoms with Crippen molar-refractivity contribution in [3.05, 3.63) is 102 Å². The first kappa shape index (κ1) is 29.9. The average Bonchev–Trinajstić information content (AvgIpc) is 3.71. The lowest BCUT2D eigenvalue weighted by atomic mass is 9.95. The van der Waals surface area contributed by atoms with Crippen LogP contribution in [-0.4, -0.2) is 53.2 Å². The van der Waals surface area contributed by atoms with E-state index in [0.717, 1.165) is 48.7 Å². The van der Waals surface area contributed by atoms with E-state index in [1.165, 1.54) is 23.2 Å². The molecule has 0 spiro atoms. The minimum atomic E-state index is 0.320. The minimum Gasteiger partial charge on any atom is -0.356 e. The van der Waals surface area contributed by atoms with Crippen molar-refractivity contribution in [3.63, 3.8) is 0 Å². The van der Waals surface area contributed by atoms with E-state index < -0.39 is 0 Å². The largest absolute Gasteiger partial charge is 0.356 e. The van der Waals surface area contributed by atoms with Crippen LogP contribution in [0, 0.1) is 5.92 Å². The van der Waals surface area contributed by atoms with Crippen molar-refractivity contribution in [1.82, 2.24) is 23.8 Å². The zero-order valence-electron chi connectivity index (χ0n) is 26.3. The van der Waals surface area contributed by atoms with Crippen LogP contribution in [0.4, 0.5) is 0 Å². The Morgan fingerprint density at radius 2 is 1.58 bits per heavy atom. The smallest absolute Gasteiger partial charge is 0.159 e. The molecule has 1 aliphatic rings.